The highest BCUT2D eigenvalue weighted by Gasteiger charge is 2.45. The summed E-state index contributed by atoms with van der Waals surface area (Å²) in [5, 5.41) is 30.0. The Morgan fingerprint density at radius 2 is 1.57 bits per heavy atom. The normalized spacial score (nSPS) is 17.7. The number of likely N-dealkylation sites (tertiary alicyclic amines) is 1. The molecule has 72 heavy (non-hydrogen) atoms. The van der Waals surface area contributed by atoms with Crippen LogP contribution in [0.5, 0.6) is 11.5 Å². The van der Waals surface area contributed by atoms with Crippen LogP contribution in [0.15, 0.2) is 83.3 Å². The van der Waals surface area contributed by atoms with E-state index in [0.29, 0.717) is 28.2 Å². The number of ether oxygens (including phenoxy) is 2. The van der Waals surface area contributed by atoms with Crippen molar-refractivity contribution in [2.45, 2.75) is 112 Å². The van der Waals surface area contributed by atoms with Gasteiger partial charge in [-0.25, -0.2) is 4.98 Å². The van der Waals surface area contributed by atoms with Crippen LogP contribution in [0.3, 0.4) is 0 Å². The van der Waals surface area contributed by atoms with Crippen molar-refractivity contribution >= 4 is 63.6 Å². The zero-order valence-electron chi connectivity index (χ0n) is 41.8. The van der Waals surface area contributed by atoms with Crippen molar-refractivity contribution in [2.24, 2.45) is 10.4 Å². The van der Waals surface area contributed by atoms with E-state index >= 15 is 0 Å². The number of β-amino-alcohol motifs (C(OH)–C–C–N with tert-alkyl or cyclic N) is 1. The average molecular weight is 1030 g/mol. The number of carbonyl (C=O) groups is 4. The molecule has 0 radical (unpaired) electrons. The molecular weight excluding hydrogens is 974 g/mol. The summed E-state index contributed by atoms with van der Waals surface area (Å²) in [5.41, 5.74) is 7.68. The number of thiazole rings is 1. The van der Waals surface area contributed by atoms with Gasteiger partial charge in [-0.05, 0) is 100 Å². The first-order chi connectivity index (χ1) is 34.2. The van der Waals surface area contributed by atoms with Gasteiger partial charge in [0.05, 0.1) is 46.9 Å². The third-order valence-corrected chi connectivity index (χ3v) is 15.3. The molecule has 0 saturated carbocycles. The summed E-state index contributed by atoms with van der Waals surface area (Å²) in [4.78, 5) is 68.0. The Bertz CT molecular complexity index is 2980. The Morgan fingerprint density at radius 3 is 2.24 bits per heavy atom. The van der Waals surface area contributed by atoms with E-state index in [4.69, 9.17) is 26.1 Å². The maximum absolute atomic E-state index is 14.2. The van der Waals surface area contributed by atoms with Crippen molar-refractivity contribution in [2.75, 3.05) is 19.7 Å². The first-order valence-corrected chi connectivity index (χ1v) is 25.9. The number of aliphatic imine (C=N–C) groups is 1. The standard InChI is InChI=1S/C53H60ClN9O7S2/c1-28(24-55-43(65)23-41-49-61-60-33(6)63(49)52-45(29(2)32(5)72-52)46(58-41)35-14-16-37(54)17-15-35)70-40-20-18-39(19-21-40)69-26-44(66)59-48(53(7,8)9)51(68)62-25-38(64)22-42(62)50(67)57-30(3)34-10-12-36(13-11-34)47-31(4)56-27-71-47/h10-21,27-28,30,38,41-42,48,64H,22-26H2,1-9H3,(H,55,65)(H,57,67)(H,59,66)/t28-,30+,38-,41+,42+,48-/m1/s1. The van der Waals surface area contributed by atoms with Gasteiger partial charge in [0.15, 0.2) is 12.4 Å². The quantitative estimate of drug-likeness (QED) is 0.0737. The lowest BCUT2D eigenvalue weighted by Gasteiger charge is -2.35. The smallest absolute Gasteiger partial charge is 0.258 e. The molecule has 8 rings (SSSR count). The number of carbonyl (C=O) groups excluding carboxylic acids is 4. The molecule has 0 unspecified atom stereocenters. The van der Waals surface area contributed by atoms with Crippen LogP contribution in [0.4, 0.5) is 0 Å². The number of rotatable bonds is 16. The molecule has 19 heteroatoms. The first kappa shape index (κ1) is 51.9. The Kier molecular flexibility index (Phi) is 15.6. The Hall–Kier alpha value is -6.47. The molecule has 5 heterocycles. The SMILES string of the molecule is Cc1ncsc1-c1ccc([C@H](C)NC(=O)[C@@H]2C[C@@H](O)CN2C(=O)[C@@H](NC(=O)COc2ccc(O[C@H](C)CNC(=O)C[C@@H]3N=C(c4ccc(Cl)cc4)c4c(sc(C)c4C)-n4c(C)nnc43)cc2)C(C)(C)C)cc1. The van der Waals surface area contributed by atoms with E-state index in [1.807, 2.05) is 107 Å². The molecule has 378 valence electrons. The van der Waals surface area contributed by atoms with Gasteiger partial charge in [0.1, 0.15) is 46.6 Å². The van der Waals surface area contributed by atoms with Crippen molar-refractivity contribution in [1.82, 2.24) is 40.6 Å². The second kappa shape index (κ2) is 21.7. The Labute approximate surface area is 432 Å². The van der Waals surface area contributed by atoms with Crippen LogP contribution >= 0.6 is 34.3 Å². The fourth-order valence-corrected chi connectivity index (χ4v) is 11.0. The molecule has 1 fully saturated rings. The number of thiophene rings is 1. The molecule has 4 N–H and O–H groups in total. The van der Waals surface area contributed by atoms with E-state index in [-0.39, 0.29) is 44.5 Å². The summed E-state index contributed by atoms with van der Waals surface area (Å²) in [7, 11) is 0. The molecule has 0 spiro atoms. The number of amides is 4. The lowest BCUT2D eigenvalue weighted by molar-refractivity contribution is -0.144. The largest absolute Gasteiger partial charge is 0.489 e. The molecule has 16 nitrogen and oxygen atoms in total. The van der Waals surface area contributed by atoms with Gasteiger partial charge >= 0.3 is 0 Å². The number of fused-ring (bicyclic) bond motifs is 3. The number of aliphatic hydroxyl groups is 1. The monoisotopic (exact) mass is 1030 g/mol. The molecule has 1 saturated heterocycles. The fraction of sp³-hybridized carbons (Fsp3) is 0.396. The third-order valence-electron chi connectivity index (χ3n) is 12.9. The Balaban J connectivity index is 0.828. The highest BCUT2D eigenvalue weighted by molar-refractivity contribution is 7.15. The summed E-state index contributed by atoms with van der Waals surface area (Å²) in [5.74, 6) is 0.581. The number of nitrogens with zero attached hydrogens (tertiary/aromatic N) is 6. The average Bonchev–Trinajstić information content (AvgIpc) is 4.11. The third kappa shape index (κ3) is 11.6. The van der Waals surface area contributed by atoms with E-state index in [1.54, 1.807) is 46.9 Å². The molecular formula is C53H60ClN9O7S2. The predicted molar refractivity (Wildman–Crippen MR) is 279 cm³/mol. The summed E-state index contributed by atoms with van der Waals surface area (Å²) in [6.45, 7) is 17.0. The fourth-order valence-electron chi connectivity index (χ4n) is 8.89. The second-order valence-electron chi connectivity index (χ2n) is 19.5. The Morgan fingerprint density at radius 1 is 0.889 bits per heavy atom. The minimum absolute atomic E-state index is 0.0309. The molecule has 3 aromatic heterocycles. The molecule has 2 aliphatic rings. The maximum atomic E-state index is 14.2. The molecule has 0 bridgehead atoms. The van der Waals surface area contributed by atoms with Crippen LogP contribution in [0, 0.1) is 33.1 Å². The van der Waals surface area contributed by atoms with E-state index in [0.717, 1.165) is 54.0 Å². The van der Waals surface area contributed by atoms with Crippen LogP contribution < -0.4 is 25.4 Å². The van der Waals surface area contributed by atoms with Gasteiger partial charge in [-0.15, -0.1) is 32.9 Å². The number of halogens is 1. The van der Waals surface area contributed by atoms with Gasteiger partial charge in [0, 0.05) is 34.0 Å². The van der Waals surface area contributed by atoms with Gasteiger partial charge in [-0.2, -0.15) is 0 Å². The second-order valence-corrected chi connectivity index (χ2v) is 22.0. The van der Waals surface area contributed by atoms with Crippen molar-refractivity contribution in [3.05, 3.63) is 128 Å². The van der Waals surface area contributed by atoms with Crippen LogP contribution in [-0.2, 0) is 19.2 Å². The number of hydrogen-bond acceptors (Lipinski definition) is 13. The highest BCUT2D eigenvalue weighted by Crippen LogP contribution is 2.40. The van der Waals surface area contributed by atoms with Crippen molar-refractivity contribution in [3.8, 4) is 26.9 Å². The van der Waals surface area contributed by atoms with Gasteiger partial charge in [-0.3, -0.25) is 28.7 Å². The van der Waals surface area contributed by atoms with Crippen LogP contribution in [0.2, 0.25) is 5.02 Å². The summed E-state index contributed by atoms with van der Waals surface area (Å²) in [6.07, 6.45) is -1.22. The highest BCUT2D eigenvalue weighted by atomic mass is 35.5. The molecule has 6 aromatic rings. The zero-order chi connectivity index (χ0) is 51.6. The van der Waals surface area contributed by atoms with Gasteiger partial charge in [-0.1, -0.05) is 68.8 Å². The summed E-state index contributed by atoms with van der Waals surface area (Å²) in [6, 6.07) is 19.2. The van der Waals surface area contributed by atoms with Gasteiger partial charge in [0.2, 0.25) is 17.7 Å². The zero-order valence-corrected chi connectivity index (χ0v) is 44.2. The molecule has 6 atom stereocenters. The van der Waals surface area contributed by atoms with Crippen LogP contribution in [-0.4, -0.2) is 103 Å². The van der Waals surface area contributed by atoms with Crippen LogP contribution in [0.25, 0.3) is 15.4 Å². The van der Waals surface area contributed by atoms with E-state index in [9.17, 15) is 24.3 Å². The minimum atomic E-state index is -1.02. The number of aryl methyl sites for hydroxylation is 3. The number of benzene rings is 3. The summed E-state index contributed by atoms with van der Waals surface area (Å²) < 4.78 is 13.9. The molecule has 4 amide bonds. The molecule has 0 aliphatic carbocycles. The van der Waals surface area contributed by atoms with Crippen molar-refractivity contribution in [1.29, 1.82) is 0 Å². The van der Waals surface area contributed by atoms with Crippen LogP contribution in [0.1, 0.15) is 104 Å². The lowest BCUT2D eigenvalue weighted by Crippen LogP contribution is -2.58. The number of nitrogens with one attached hydrogen (secondary N) is 3. The maximum Gasteiger partial charge on any atom is 0.258 e. The minimum Gasteiger partial charge on any atom is -0.489 e. The van der Waals surface area contributed by atoms with E-state index in [1.165, 1.54) is 4.90 Å². The molecule has 2 aliphatic heterocycles. The number of aliphatic hydroxyl groups excluding tert-OH is 1. The van der Waals surface area contributed by atoms with Crippen molar-refractivity contribution in [3.63, 3.8) is 0 Å². The topological polar surface area (TPSA) is 202 Å². The number of hydrogen-bond donors (Lipinski definition) is 4. The van der Waals surface area contributed by atoms with Gasteiger partial charge in [0.25, 0.3) is 5.91 Å². The summed E-state index contributed by atoms with van der Waals surface area (Å²) >= 11 is 9.47. The van der Waals surface area contributed by atoms with Crippen molar-refractivity contribution < 1.29 is 33.8 Å². The van der Waals surface area contributed by atoms with E-state index < -0.39 is 53.5 Å². The lowest BCUT2D eigenvalue weighted by atomic mass is 9.85. The van der Waals surface area contributed by atoms with Gasteiger partial charge < -0.3 is 35.4 Å². The van der Waals surface area contributed by atoms with E-state index in [2.05, 4.69) is 45.0 Å². The first-order valence-electron chi connectivity index (χ1n) is 23.9. The number of aromatic nitrogens is 4. The molecule has 3 aromatic carbocycles. The predicted octanol–water partition coefficient (Wildman–Crippen LogP) is 7.95.